The van der Waals surface area contributed by atoms with E-state index in [0.29, 0.717) is 0 Å². The van der Waals surface area contributed by atoms with Gasteiger partial charge in [0.15, 0.2) is 5.96 Å². The molecule has 0 atom stereocenters. The number of hydrogen-bond donors (Lipinski definition) is 1. The summed E-state index contributed by atoms with van der Waals surface area (Å²) in [6.07, 6.45) is 7.03. The van der Waals surface area contributed by atoms with Gasteiger partial charge < -0.3 is 15.1 Å². The lowest BCUT2D eigenvalue weighted by atomic mass is 10.2. The second kappa shape index (κ2) is 7.47. The second-order valence-electron chi connectivity index (χ2n) is 6.08. The summed E-state index contributed by atoms with van der Waals surface area (Å²) in [6.45, 7) is 8.30. The highest BCUT2D eigenvalue weighted by atomic mass is 15.3. The van der Waals surface area contributed by atoms with Crippen LogP contribution in [0.2, 0.25) is 0 Å². The SMILES string of the molecule is CCNC(=NCc1ccnc(N2CCCC2)c1)N1CCCC1. The molecule has 0 unspecified atom stereocenters. The normalized spacial score (nSPS) is 19.0. The van der Waals surface area contributed by atoms with Crippen LogP contribution in [0.15, 0.2) is 23.3 Å². The molecule has 3 rings (SSSR count). The Morgan fingerprint density at radius 1 is 1.18 bits per heavy atom. The molecule has 2 saturated heterocycles. The van der Waals surface area contributed by atoms with Gasteiger partial charge in [-0.2, -0.15) is 0 Å². The van der Waals surface area contributed by atoms with Crippen LogP contribution in [-0.4, -0.2) is 48.6 Å². The summed E-state index contributed by atoms with van der Waals surface area (Å²) in [5, 5.41) is 3.41. The first-order valence-electron chi connectivity index (χ1n) is 8.60. The van der Waals surface area contributed by atoms with E-state index in [2.05, 4.69) is 39.2 Å². The minimum Gasteiger partial charge on any atom is -0.357 e. The van der Waals surface area contributed by atoms with Crippen LogP contribution in [0.1, 0.15) is 38.2 Å². The minimum absolute atomic E-state index is 0.724. The molecule has 1 N–H and O–H groups in total. The maximum Gasteiger partial charge on any atom is 0.194 e. The summed E-state index contributed by atoms with van der Waals surface area (Å²) in [7, 11) is 0. The molecular formula is C17H27N5. The van der Waals surface area contributed by atoms with E-state index in [1.807, 2.05) is 6.20 Å². The number of aromatic nitrogens is 1. The van der Waals surface area contributed by atoms with Gasteiger partial charge in [-0.1, -0.05) is 0 Å². The largest absolute Gasteiger partial charge is 0.357 e. The van der Waals surface area contributed by atoms with Gasteiger partial charge in [-0.15, -0.1) is 0 Å². The molecule has 0 radical (unpaired) electrons. The number of hydrogen-bond acceptors (Lipinski definition) is 3. The second-order valence-corrected chi connectivity index (χ2v) is 6.08. The molecule has 0 amide bonds. The van der Waals surface area contributed by atoms with E-state index < -0.39 is 0 Å². The Balaban J connectivity index is 1.68. The van der Waals surface area contributed by atoms with Crippen LogP contribution in [0.25, 0.3) is 0 Å². The van der Waals surface area contributed by atoms with Crippen molar-refractivity contribution in [2.24, 2.45) is 4.99 Å². The van der Waals surface area contributed by atoms with Gasteiger partial charge in [-0.3, -0.25) is 0 Å². The van der Waals surface area contributed by atoms with Gasteiger partial charge in [0.05, 0.1) is 6.54 Å². The molecule has 1 aromatic heterocycles. The smallest absolute Gasteiger partial charge is 0.194 e. The molecule has 0 spiro atoms. The fraction of sp³-hybridized carbons (Fsp3) is 0.647. The number of aliphatic imine (C=N–C) groups is 1. The highest BCUT2D eigenvalue weighted by Gasteiger charge is 2.16. The molecule has 1 aromatic rings. The lowest BCUT2D eigenvalue weighted by Crippen LogP contribution is -2.39. The van der Waals surface area contributed by atoms with Crippen molar-refractivity contribution in [3.8, 4) is 0 Å². The molecule has 0 bridgehead atoms. The summed E-state index contributed by atoms with van der Waals surface area (Å²) < 4.78 is 0. The number of anilines is 1. The highest BCUT2D eigenvalue weighted by molar-refractivity contribution is 5.80. The van der Waals surface area contributed by atoms with E-state index in [1.54, 1.807) is 0 Å². The zero-order valence-electron chi connectivity index (χ0n) is 13.6. The number of likely N-dealkylation sites (tertiary alicyclic amines) is 1. The van der Waals surface area contributed by atoms with Crippen LogP contribution in [0.4, 0.5) is 5.82 Å². The first kappa shape index (κ1) is 15.1. The number of nitrogens with zero attached hydrogens (tertiary/aromatic N) is 4. The van der Waals surface area contributed by atoms with Crippen molar-refractivity contribution < 1.29 is 0 Å². The first-order chi connectivity index (χ1) is 10.9. The molecule has 3 heterocycles. The topological polar surface area (TPSA) is 43.8 Å². The van der Waals surface area contributed by atoms with Crippen LogP contribution >= 0.6 is 0 Å². The Labute approximate surface area is 133 Å². The fourth-order valence-corrected chi connectivity index (χ4v) is 3.20. The van der Waals surface area contributed by atoms with Gasteiger partial charge in [0.2, 0.25) is 0 Å². The zero-order chi connectivity index (χ0) is 15.2. The third kappa shape index (κ3) is 3.70. The summed E-state index contributed by atoms with van der Waals surface area (Å²) >= 11 is 0. The van der Waals surface area contributed by atoms with E-state index in [4.69, 9.17) is 4.99 Å². The molecule has 2 fully saturated rings. The van der Waals surface area contributed by atoms with E-state index in [-0.39, 0.29) is 0 Å². The van der Waals surface area contributed by atoms with Crippen molar-refractivity contribution >= 4 is 11.8 Å². The Kier molecular flexibility index (Phi) is 5.14. The third-order valence-electron chi connectivity index (χ3n) is 4.39. The molecule has 2 aliphatic rings. The van der Waals surface area contributed by atoms with Crippen LogP contribution in [0.5, 0.6) is 0 Å². The summed E-state index contributed by atoms with van der Waals surface area (Å²) in [5.74, 6) is 2.16. The molecule has 0 aliphatic carbocycles. The maximum atomic E-state index is 4.82. The predicted molar refractivity (Wildman–Crippen MR) is 91.3 cm³/mol. The number of guanidine groups is 1. The molecule has 0 aromatic carbocycles. The van der Waals surface area contributed by atoms with E-state index in [1.165, 1.54) is 31.2 Å². The monoisotopic (exact) mass is 301 g/mol. The summed E-state index contributed by atoms with van der Waals surface area (Å²) in [5.41, 5.74) is 1.24. The Morgan fingerprint density at radius 2 is 1.91 bits per heavy atom. The minimum atomic E-state index is 0.724. The molecule has 120 valence electrons. The Bertz CT molecular complexity index is 502. The first-order valence-corrected chi connectivity index (χ1v) is 8.60. The van der Waals surface area contributed by atoms with Crippen LogP contribution in [-0.2, 0) is 6.54 Å². The van der Waals surface area contributed by atoms with Gasteiger partial charge in [0.1, 0.15) is 5.82 Å². The predicted octanol–water partition coefficient (Wildman–Crippen LogP) is 2.24. The Morgan fingerprint density at radius 3 is 2.64 bits per heavy atom. The van der Waals surface area contributed by atoms with Crippen molar-refractivity contribution in [2.75, 3.05) is 37.6 Å². The number of pyridine rings is 1. The standard InChI is InChI=1S/C17H27N5/c1-2-18-17(22-11-5-6-12-22)20-14-15-7-8-19-16(13-15)21-9-3-4-10-21/h7-8,13H,2-6,9-12,14H2,1H3,(H,18,20). The lowest BCUT2D eigenvalue weighted by molar-refractivity contribution is 0.493. The van der Waals surface area contributed by atoms with E-state index in [0.717, 1.165) is 51.0 Å². The van der Waals surface area contributed by atoms with Crippen molar-refractivity contribution in [3.05, 3.63) is 23.9 Å². The van der Waals surface area contributed by atoms with Crippen molar-refractivity contribution in [3.63, 3.8) is 0 Å². The number of nitrogens with one attached hydrogen (secondary N) is 1. The quantitative estimate of drug-likeness (QED) is 0.684. The van der Waals surface area contributed by atoms with Gasteiger partial charge in [-0.05, 0) is 50.3 Å². The highest BCUT2D eigenvalue weighted by Crippen LogP contribution is 2.19. The van der Waals surface area contributed by atoms with E-state index in [9.17, 15) is 0 Å². The van der Waals surface area contributed by atoms with Gasteiger partial charge >= 0.3 is 0 Å². The molecule has 22 heavy (non-hydrogen) atoms. The third-order valence-corrected chi connectivity index (χ3v) is 4.39. The molecule has 0 saturated carbocycles. The lowest BCUT2D eigenvalue weighted by Gasteiger charge is -2.21. The van der Waals surface area contributed by atoms with Crippen molar-refractivity contribution in [1.29, 1.82) is 0 Å². The molecule has 2 aliphatic heterocycles. The van der Waals surface area contributed by atoms with Crippen molar-refractivity contribution in [1.82, 2.24) is 15.2 Å². The van der Waals surface area contributed by atoms with Gasteiger partial charge in [-0.25, -0.2) is 9.98 Å². The molecule has 5 heteroatoms. The van der Waals surface area contributed by atoms with Crippen LogP contribution < -0.4 is 10.2 Å². The average Bonchev–Trinajstić information content (AvgIpc) is 3.24. The number of rotatable bonds is 4. The van der Waals surface area contributed by atoms with Crippen molar-refractivity contribution in [2.45, 2.75) is 39.2 Å². The van der Waals surface area contributed by atoms with E-state index >= 15 is 0 Å². The van der Waals surface area contributed by atoms with Crippen LogP contribution in [0, 0.1) is 0 Å². The van der Waals surface area contributed by atoms with Crippen LogP contribution in [0.3, 0.4) is 0 Å². The summed E-state index contributed by atoms with van der Waals surface area (Å²) in [6, 6.07) is 4.28. The average molecular weight is 301 g/mol. The fourth-order valence-electron chi connectivity index (χ4n) is 3.20. The molecule has 5 nitrogen and oxygen atoms in total. The summed E-state index contributed by atoms with van der Waals surface area (Å²) in [4.78, 5) is 14.1. The maximum absolute atomic E-state index is 4.82. The van der Waals surface area contributed by atoms with Gasteiger partial charge in [0, 0.05) is 38.9 Å². The Hall–Kier alpha value is -1.78. The van der Waals surface area contributed by atoms with Gasteiger partial charge in [0.25, 0.3) is 0 Å². The molecular weight excluding hydrogens is 274 g/mol. The zero-order valence-corrected chi connectivity index (χ0v) is 13.6.